The molecule has 0 unspecified atom stereocenters. The van der Waals surface area contributed by atoms with Gasteiger partial charge < -0.3 is 5.32 Å². The molecule has 1 aliphatic rings. The van der Waals surface area contributed by atoms with Crippen molar-refractivity contribution in [3.63, 3.8) is 0 Å². The third kappa shape index (κ3) is 1.74. The molecule has 2 rings (SSSR count). The van der Waals surface area contributed by atoms with Crippen LogP contribution in [0.15, 0.2) is 24.4 Å². The van der Waals surface area contributed by atoms with E-state index in [4.69, 9.17) is 0 Å². The van der Waals surface area contributed by atoms with E-state index in [1.165, 1.54) is 0 Å². The molecule has 12 heavy (non-hydrogen) atoms. The zero-order valence-electron chi connectivity index (χ0n) is 6.96. The molecule has 0 aliphatic heterocycles. The Hall–Kier alpha value is -1.09. The summed E-state index contributed by atoms with van der Waals surface area (Å²) in [6.07, 6.45) is 8.56. The van der Waals surface area contributed by atoms with Crippen LogP contribution in [-0.4, -0.2) is 16.2 Å². The fourth-order valence-electron chi connectivity index (χ4n) is 1.42. The number of aromatic nitrogens is 2. The summed E-state index contributed by atoms with van der Waals surface area (Å²) in [5, 5.41) is 10.3. The van der Waals surface area contributed by atoms with Gasteiger partial charge in [0.2, 0.25) is 0 Å². The first-order chi connectivity index (χ1) is 5.95. The van der Waals surface area contributed by atoms with Crippen LogP contribution in [-0.2, 0) is 6.54 Å². The highest BCUT2D eigenvalue weighted by Crippen LogP contribution is 2.09. The number of hydrogen-bond donors (Lipinski definition) is 2. The molecule has 0 bridgehead atoms. The van der Waals surface area contributed by atoms with Gasteiger partial charge in [-0.15, -0.1) is 0 Å². The number of aromatic amines is 1. The van der Waals surface area contributed by atoms with Crippen molar-refractivity contribution in [3.05, 3.63) is 30.1 Å². The first-order valence-corrected chi connectivity index (χ1v) is 4.32. The molecule has 0 saturated carbocycles. The average molecular weight is 163 g/mol. The van der Waals surface area contributed by atoms with E-state index >= 15 is 0 Å². The molecule has 2 N–H and O–H groups in total. The summed E-state index contributed by atoms with van der Waals surface area (Å²) in [6.45, 7) is 0.895. The zero-order valence-corrected chi connectivity index (χ0v) is 6.96. The van der Waals surface area contributed by atoms with Gasteiger partial charge in [-0.25, -0.2) is 0 Å². The predicted molar refractivity (Wildman–Crippen MR) is 47.6 cm³/mol. The summed E-state index contributed by atoms with van der Waals surface area (Å²) in [7, 11) is 0. The van der Waals surface area contributed by atoms with Crippen LogP contribution in [0.2, 0.25) is 0 Å². The summed E-state index contributed by atoms with van der Waals surface area (Å²) in [5.74, 6) is 0. The number of rotatable bonds is 3. The molecule has 1 heterocycles. The van der Waals surface area contributed by atoms with E-state index in [9.17, 15) is 0 Å². The van der Waals surface area contributed by atoms with Crippen LogP contribution in [0.5, 0.6) is 0 Å². The lowest BCUT2D eigenvalue weighted by atomic mass is 10.2. The topological polar surface area (TPSA) is 40.7 Å². The van der Waals surface area contributed by atoms with Crippen molar-refractivity contribution in [2.24, 2.45) is 0 Å². The van der Waals surface area contributed by atoms with Crippen molar-refractivity contribution >= 4 is 0 Å². The first-order valence-electron chi connectivity index (χ1n) is 4.32. The van der Waals surface area contributed by atoms with Gasteiger partial charge in [-0.1, -0.05) is 12.2 Å². The van der Waals surface area contributed by atoms with E-state index in [0.29, 0.717) is 6.04 Å². The average Bonchev–Trinajstić information content (AvgIpc) is 2.74. The maximum absolute atomic E-state index is 3.89. The minimum atomic E-state index is 0.633. The summed E-state index contributed by atoms with van der Waals surface area (Å²) in [5.41, 5.74) is 1.15. The molecule has 0 fully saturated rings. The summed E-state index contributed by atoms with van der Waals surface area (Å²) in [4.78, 5) is 0. The van der Waals surface area contributed by atoms with Gasteiger partial charge in [0, 0.05) is 24.5 Å². The summed E-state index contributed by atoms with van der Waals surface area (Å²) < 4.78 is 0. The Morgan fingerprint density at radius 3 is 3.00 bits per heavy atom. The molecule has 0 aromatic carbocycles. The largest absolute Gasteiger partial charge is 0.308 e. The molecular formula is C9H13N3. The minimum absolute atomic E-state index is 0.633. The highest BCUT2D eigenvalue weighted by molar-refractivity contribution is 5.01. The highest BCUT2D eigenvalue weighted by Gasteiger charge is 2.08. The standard InChI is InChI=1S/C9H13N3/c1-2-4-8(3-1)10-7-9-5-6-11-12-9/h1-2,5-6,8,10H,3-4,7H2,(H,11,12). The van der Waals surface area contributed by atoms with Gasteiger partial charge in [-0.2, -0.15) is 5.10 Å². The molecular weight excluding hydrogens is 150 g/mol. The van der Waals surface area contributed by atoms with Crippen LogP contribution in [0.3, 0.4) is 0 Å². The maximum Gasteiger partial charge on any atom is 0.0490 e. The van der Waals surface area contributed by atoms with E-state index < -0.39 is 0 Å². The molecule has 1 aromatic heterocycles. The molecule has 3 nitrogen and oxygen atoms in total. The smallest absolute Gasteiger partial charge is 0.0490 e. The SMILES string of the molecule is C1=CCC(NCc2ccn[nH]2)C1. The van der Waals surface area contributed by atoms with Crippen LogP contribution in [0.4, 0.5) is 0 Å². The Morgan fingerprint density at radius 1 is 1.50 bits per heavy atom. The molecule has 1 aliphatic carbocycles. The molecule has 64 valence electrons. The molecule has 0 spiro atoms. The number of nitrogens with one attached hydrogen (secondary N) is 2. The van der Waals surface area contributed by atoms with E-state index in [1.54, 1.807) is 6.20 Å². The lowest BCUT2D eigenvalue weighted by Gasteiger charge is -2.09. The normalized spacial score (nSPS) is 17.3. The van der Waals surface area contributed by atoms with E-state index in [0.717, 1.165) is 25.1 Å². The van der Waals surface area contributed by atoms with Crippen LogP contribution >= 0.6 is 0 Å². The Labute approximate surface area is 71.9 Å². The lowest BCUT2D eigenvalue weighted by Crippen LogP contribution is -2.25. The van der Waals surface area contributed by atoms with Crippen LogP contribution in [0.25, 0.3) is 0 Å². The molecule has 0 saturated heterocycles. The third-order valence-corrected chi connectivity index (χ3v) is 2.15. The highest BCUT2D eigenvalue weighted by atomic mass is 15.1. The van der Waals surface area contributed by atoms with Gasteiger partial charge in [0.25, 0.3) is 0 Å². The van der Waals surface area contributed by atoms with Crippen molar-refractivity contribution in [2.75, 3.05) is 0 Å². The second-order valence-corrected chi connectivity index (χ2v) is 3.10. The monoisotopic (exact) mass is 163 g/mol. The van der Waals surface area contributed by atoms with Gasteiger partial charge in [-0.05, 0) is 18.9 Å². The molecule has 0 amide bonds. The number of nitrogens with zero attached hydrogens (tertiary/aromatic N) is 1. The fraction of sp³-hybridized carbons (Fsp3) is 0.444. The van der Waals surface area contributed by atoms with E-state index in [2.05, 4.69) is 27.7 Å². The third-order valence-electron chi connectivity index (χ3n) is 2.15. The van der Waals surface area contributed by atoms with Gasteiger partial charge in [0.15, 0.2) is 0 Å². The van der Waals surface area contributed by atoms with Crippen molar-refractivity contribution in [1.29, 1.82) is 0 Å². The van der Waals surface area contributed by atoms with Gasteiger partial charge in [-0.3, -0.25) is 5.10 Å². The Morgan fingerprint density at radius 2 is 2.33 bits per heavy atom. The van der Waals surface area contributed by atoms with Gasteiger partial charge in [0.1, 0.15) is 0 Å². The summed E-state index contributed by atoms with van der Waals surface area (Å²) >= 11 is 0. The van der Waals surface area contributed by atoms with Crippen molar-refractivity contribution < 1.29 is 0 Å². The first kappa shape index (κ1) is 7.55. The molecule has 0 radical (unpaired) electrons. The second kappa shape index (κ2) is 3.54. The Kier molecular flexibility index (Phi) is 2.23. The number of H-pyrrole nitrogens is 1. The predicted octanol–water partition coefficient (Wildman–Crippen LogP) is 1.22. The van der Waals surface area contributed by atoms with Crippen LogP contribution in [0, 0.1) is 0 Å². The van der Waals surface area contributed by atoms with Crippen molar-refractivity contribution in [3.8, 4) is 0 Å². The Bertz CT molecular complexity index is 243. The molecule has 1 aromatic rings. The molecule has 0 atom stereocenters. The number of hydrogen-bond acceptors (Lipinski definition) is 2. The Balaban J connectivity index is 1.75. The maximum atomic E-state index is 3.89. The van der Waals surface area contributed by atoms with Crippen LogP contribution < -0.4 is 5.32 Å². The second-order valence-electron chi connectivity index (χ2n) is 3.10. The molecule has 3 heteroatoms. The minimum Gasteiger partial charge on any atom is -0.308 e. The quantitative estimate of drug-likeness (QED) is 0.658. The van der Waals surface area contributed by atoms with Gasteiger partial charge >= 0.3 is 0 Å². The summed E-state index contributed by atoms with van der Waals surface area (Å²) in [6, 6.07) is 2.63. The lowest BCUT2D eigenvalue weighted by molar-refractivity contribution is 0.533. The van der Waals surface area contributed by atoms with Crippen molar-refractivity contribution in [2.45, 2.75) is 25.4 Å². The fourth-order valence-corrected chi connectivity index (χ4v) is 1.42. The van der Waals surface area contributed by atoms with Crippen LogP contribution in [0.1, 0.15) is 18.5 Å². The zero-order chi connectivity index (χ0) is 8.23. The van der Waals surface area contributed by atoms with Gasteiger partial charge in [0.05, 0.1) is 0 Å². The van der Waals surface area contributed by atoms with E-state index in [1.807, 2.05) is 6.07 Å². The van der Waals surface area contributed by atoms with E-state index in [-0.39, 0.29) is 0 Å². The van der Waals surface area contributed by atoms with Crippen molar-refractivity contribution in [1.82, 2.24) is 15.5 Å².